The fourth-order valence-corrected chi connectivity index (χ4v) is 3.42. The summed E-state index contributed by atoms with van der Waals surface area (Å²) in [6.07, 6.45) is 0. The van der Waals surface area contributed by atoms with Gasteiger partial charge in [0.15, 0.2) is 0 Å². The standard InChI is InChI=1S/C18H16BrN3O2S/c1-12(17(23)22(2)15-9-4-3-5-10-15)25-18-21-20-16(24-18)13-7-6-8-14(19)11-13/h3-12H,1-2H3/t12-/m0/s1. The molecule has 1 aromatic heterocycles. The van der Waals surface area contributed by atoms with Crippen LogP contribution in [0.15, 0.2) is 68.7 Å². The van der Waals surface area contributed by atoms with E-state index in [9.17, 15) is 4.79 Å². The van der Waals surface area contributed by atoms with Crippen LogP contribution in [0.25, 0.3) is 11.5 Å². The summed E-state index contributed by atoms with van der Waals surface area (Å²) in [4.78, 5) is 14.2. The minimum absolute atomic E-state index is 0.0293. The van der Waals surface area contributed by atoms with Gasteiger partial charge in [-0.2, -0.15) is 0 Å². The molecule has 0 aliphatic rings. The molecule has 0 saturated heterocycles. The van der Waals surface area contributed by atoms with Crippen LogP contribution < -0.4 is 4.90 Å². The second kappa shape index (κ2) is 7.84. The molecule has 0 spiro atoms. The van der Waals surface area contributed by atoms with Gasteiger partial charge in [0.1, 0.15) is 0 Å². The highest BCUT2D eigenvalue weighted by Crippen LogP contribution is 2.28. The number of halogens is 1. The zero-order valence-corrected chi connectivity index (χ0v) is 16.1. The van der Waals surface area contributed by atoms with E-state index in [4.69, 9.17) is 4.42 Å². The number of amides is 1. The lowest BCUT2D eigenvalue weighted by molar-refractivity contribution is -0.117. The summed E-state index contributed by atoms with van der Waals surface area (Å²) in [6.45, 7) is 1.83. The molecule has 0 N–H and O–H groups in total. The second-order valence-electron chi connectivity index (χ2n) is 5.38. The molecule has 0 bridgehead atoms. The Balaban J connectivity index is 1.69. The van der Waals surface area contributed by atoms with Crippen molar-refractivity contribution >= 4 is 39.3 Å². The lowest BCUT2D eigenvalue weighted by atomic mass is 10.2. The molecule has 1 heterocycles. The van der Waals surface area contributed by atoms with Crippen LogP contribution in [-0.2, 0) is 4.79 Å². The number of anilines is 1. The maximum absolute atomic E-state index is 12.6. The molecule has 0 aliphatic heterocycles. The van der Waals surface area contributed by atoms with E-state index in [-0.39, 0.29) is 11.2 Å². The first-order valence-corrected chi connectivity index (χ1v) is 9.30. The predicted molar refractivity (Wildman–Crippen MR) is 103 cm³/mol. The van der Waals surface area contributed by atoms with E-state index in [0.29, 0.717) is 11.1 Å². The summed E-state index contributed by atoms with van der Waals surface area (Å²) in [5.74, 6) is 0.401. The molecular weight excluding hydrogens is 402 g/mol. The quantitative estimate of drug-likeness (QED) is 0.565. The van der Waals surface area contributed by atoms with Crippen molar-refractivity contribution in [1.82, 2.24) is 10.2 Å². The number of para-hydroxylation sites is 1. The monoisotopic (exact) mass is 417 g/mol. The van der Waals surface area contributed by atoms with Gasteiger partial charge in [0, 0.05) is 22.8 Å². The number of carbonyl (C=O) groups excluding carboxylic acids is 1. The van der Waals surface area contributed by atoms with Gasteiger partial charge in [-0.1, -0.05) is 52.0 Å². The van der Waals surface area contributed by atoms with Crippen molar-refractivity contribution in [2.24, 2.45) is 0 Å². The van der Waals surface area contributed by atoms with Gasteiger partial charge >= 0.3 is 0 Å². The van der Waals surface area contributed by atoms with E-state index in [2.05, 4.69) is 26.1 Å². The molecule has 0 saturated carbocycles. The fraction of sp³-hybridized carbons (Fsp3) is 0.167. The van der Waals surface area contributed by atoms with Gasteiger partial charge < -0.3 is 9.32 Å². The van der Waals surface area contributed by atoms with Gasteiger partial charge in [0.05, 0.1) is 5.25 Å². The fourth-order valence-electron chi connectivity index (χ4n) is 2.25. The number of thioether (sulfide) groups is 1. The molecule has 25 heavy (non-hydrogen) atoms. The Morgan fingerprint density at radius 2 is 1.92 bits per heavy atom. The van der Waals surface area contributed by atoms with Crippen molar-refractivity contribution in [3.8, 4) is 11.5 Å². The van der Waals surface area contributed by atoms with E-state index < -0.39 is 0 Å². The molecule has 0 aliphatic carbocycles. The van der Waals surface area contributed by atoms with Crippen LogP contribution in [0.3, 0.4) is 0 Å². The third-order valence-corrected chi connectivity index (χ3v) is 4.99. The number of carbonyl (C=O) groups is 1. The Morgan fingerprint density at radius 1 is 1.16 bits per heavy atom. The van der Waals surface area contributed by atoms with Crippen LogP contribution in [0.2, 0.25) is 0 Å². The van der Waals surface area contributed by atoms with Crippen molar-refractivity contribution in [2.75, 3.05) is 11.9 Å². The Bertz CT molecular complexity index is 870. The number of hydrogen-bond acceptors (Lipinski definition) is 5. The lowest BCUT2D eigenvalue weighted by Crippen LogP contribution is -2.33. The van der Waals surface area contributed by atoms with Crippen molar-refractivity contribution in [1.29, 1.82) is 0 Å². The molecule has 1 amide bonds. The summed E-state index contributed by atoms with van der Waals surface area (Å²) in [5, 5.41) is 8.12. The summed E-state index contributed by atoms with van der Waals surface area (Å²) in [7, 11) is 1.76. The van der Waals surface area contributed by atoms with Crippen molar-refractivity contribution in [3.63, 3.8) is 0 Å². The van der Waals surface area contributed by atoms with E-state index in [0.717, 1.165) is 15.7 Å². The molecule has 0 radical (unpaired) electrons. The lowest BCUT2D eigenvalue weighted by Gasteiger charge is -2.20. The van der Waals surface area contributed by atoms with E-state index in [1.807, 2.05) is 61.5 Å². The first kappa shape index (κ1) is 17.7. The van der Waals surface area contributed by atoms with Gasteiger partial charge in [0.2, 0.25) is 11.8 Å². The van der Waals surface area contributed by atoms with Crippen LogP contribution in [-0.4, -0.2) is 28.4 Å². The first-order chi connectivity index (χ1) is 12.0. The molecule has 0 unspecified atom stereocenters. The molecule has 1 atom stereocenters. The minimum Gasteiger partial charge on any atom is -0.411 e. The number of aromatic nitrogens is 2. The number of benzene rings is 2. The predicted octanol–water partition coefficient (Wildman–Crippen LogP) is 4.64. The topological polar surface area (TPSA) is 59.2 Å². The van der Waals surface area contributed by atoms with Gasteiger partial charge in [-0.05, 0) is 37.3 Å². The molecule has 2 aromatic carbocycles. The third kappa shape index (κ3) is 4.29. The SMILES string of the molecule is C[C@H](Sc1nnc(-c2cccc(Br)c2)o1)C(=O)N(C)c1ccccc1. The molecule has 0 fully saturated rings. The zero-order valence-electron chi connectivity index (χ0n) is 13.7. The number of rotatable bonds is 5. The minimum atomic E-state index is -0.346. The molecule has 3 rings (SSSR count). The number of hydrogen-bond donors (Lipinski definition) is 0. The molecule has 3 aromatic rings. The summed E-state index contributed by atoms with van der Waals surface area (Å²) >= 11 is 4.67. The molecule has 128 valence electrons. The molecular formula is C18H16BrN3O2S. The Hall–Kier alpha value is -2.12. The average molecular weight is 418 g/mol. The van der Waals surface area contributed by atoms with Crippen LogP contribution in [0.1, 0.15) is 6.92 Å². The zero-order chi connectivity index (χ0) is 17.8. The average Bonchev–Trinajstić information content (AvgIpc) is 3.09. The highest BCUT2D eigenvalue weighted by Gasteiger charge is 2.22. The normalized spacial score (nSPS) is 12.0. The Labute approximate surface area is 158 Å². The maximum Gasteiger partial charge on any atom is 0.277 e. The van der Waals surface area contributed by atoms with Gasteiger partial charge in [-0.3, -0.25) is 4.79 Å². The highest BCUT2D eigenvalue weighted by molar-refractivity contribution is 9.10. The third-order valence-electron chi connectivity index (χ3n) is 3.58. The van der Waals surface area contributed by atoms with E-state index in [1.54, 1.807) is 11.9 Å². The maximum atomic E-state index is 12.6. The summed E-state index contributed by atoms with van der Waals surface area (Å²) in [6, 6.07) is 17.1. The van der Waals surface area contributed by atoms with Gasteiger partial charge in [0.25, 0.3) is 5.22 Å². The first-order valence-electron chi connectivity index (χ1n) is 7.63. The van der Waals surface area contributed by atoms with E-state index in [1.165, 1.54) is 11.8 Å². The van der Waals surface area contributed by atoms with E-state index >= 15 is 0 Å². The van der Waals surface area contributed by atoms with Crippen molar-refractivity contribution in [2.45, 2.75) is 17.4 Å². The summed E-state index contributed by atoms with van der Waals surface area (Å²) < 4.78 is 6.62. The van der Waals surface area contributed by atoms with Crippen LogP contribution in [0, 0.1) is 0 Å². The van der Waals surface area contributed by atoms with Crippen LogP contribution in [0.5, 0.6) is 0 Å². The Morgan fingerprint density at radius 3 is 2.64 bits per heavy atom. The van der Waals surface area contributed by atoms with Crippen LogP contribution >= 0.6 is 27.7 Å². The molecule has 5 nitrogen and oxygen atoms in total. The molecule has 7 heteroatoms. The largest absolute Gasteiger partial charge is 0.411 e. The van der Waals surface area contributed by atoms with Gasteiger partial charge in [-0.25, -0.2) is 0 Å². The summed E-state index contributed by atoms with van der Waals surface area (Å²) in [5.41, 5.74) is 1.68. The Kier molecular flexibility index (Phi) is 5.55. The highest BCUT2D eigenvalue weighted by atomic mass is 79.9. The van der Waals surface area contributed by atoms with Crippen LogP contribution in [0.4, 0.5) is 5.69 Å². The van der Waals surface area contributed by atoms with Gasteiger partial charge in [-0.15, -0.1) is 10.2 Å². The van der Waals surface area contributed by atoms with Crippen molar-refractivity contribution < 1.29 is 9.21 Å². The van der Waals surface area contributed by atoms with Crippen molar-refractivity contribution in [3.05, 3.63) is 59.1 Å². The smallest absolute Gasteiger partial charge is 0.277 e. The number of nitrogens with zero attached hydrogens (tertiary/aromatic N) is 3. The second-order valence-corrected chi connectivity index (χ2v) is 7.58.